The van der Waals surface area contributed by atoms with Crippen LogP contribution >= 0.6 is 23.2 Å². The summed E-state index contributed by atoms with van der Waals surface area (Å²) in [5, 5.41) is 0.601. The first kappa shape index (κ1) is 11.3. The van der Waals surface area contributed by atoms with Gasteiger partial charge in [0.2, 0.25) is 0 Å². The van der Waals surface area contributed by atoms with Crippen molar-refractivity contribution in [3.8, 4) is 0 Å². The van der Waals surface area contributed by atoms with Crippen LogP contribution in [-0.4, -0.2) is 12.5 Å². The summed E-state index contributed by atoms with van der Waals surface area (Å²) in [5.41, 5.74) is 2.45. The Balaban J connectivity index is 2.89. The minimum absolute atomic E-state index is 0.226. The van der Waals surface area contributed by atoms with Gasteiger partial charge in [-0.15, -0.1) is 0 Å². The van der Waals surface area contributed by atoms with Crippen LogP contribution in [0.4, 0.5) is 0 Å². The zero-order chi connectivity index (χ0) is 10.6. The third-order valence-corrected chi connectivity index (χ3v) is 2.13. The highest BCUT2D eigenvalue weighted by atomic mass is 35.5. The van der Waals surface area contributed by atoms with Crippen molar-refractivity contribution < 1.29 is 9.63 Å². The summed E-state index contributed by atoms with van der Waals surface area (Å²) in [6.45, 7) is 2.14. The van der Waals surface area contributed by atoms with Gasteiger partial charge in [-0.1, -0.05) is 29.3 Å². The molecule has 0 aliphatic rings. The Kier molecular flexibility index (Phi) is 4.20. The molecule has 0 saturated carbocycles. The number of halogens is 2. The summed E-state index contributed by atoms with van der Waals surface area (Å²) in [6.07, 6.45) is 0. The van der Waals surface area contributed by atoms with E-state index in [9.17, 15) is 4.79 Å². The first-order valence-corrected chi connectivity index (χ1v) is 4.78. The average Bonchev–Trinajstić information content (AvgIpc) is 2.14. The van der Waals surface area contributed by atoms with Crippen LogP contribution in [0.3, 0.4) is 0 Å². The van der Waals surface area contributed by atoms with Crippen molar-refractivity contribution in [3.63, 3.8) is 0 Å². The van der Waals surface area contributed by atoms with Gasteiger partial charge >= 0.3 is 0 Å². The highest BCUT2D eigenvalue weighted by Gasteiger charge is 2.13. The molecule has 1 N–H and O–H groups in total. The minimum Gasteiger partial charge on any atom is -0.274 e. The van der Waals surface area contributed by atoms with Gasteiger partial charge in [-0.2, -0.15) is 0 Å². The molecule has 0 fully saturated rings. The summed E-state index contributed by atoms with van der Waals surface area (Å²) in [7, 11) is 0. The van der Waals surface area contributed by atoms with Gasteiger partial charge in [0.15, 0.2) is 0 Å². The quantitative estimate of drug-likeness (QED) is 0.816. The molecular formula is C9H9Cl2NO2. The van der Waals surface area contributed by atoms with Crippen molar-refractivity contribution in [1.29, 1.82) is 0 Å². The predicted octanol–water partition coefficient (Wildman–Crippen LogP) is 2.67. The fourth-order valence-corrected chi connectivity index (χ4v) is 1.47. The summed E-state index contributed by atoms with van der Waals surface area (Å²) >= 11 is 11.6. The third kappa shape index (κ3) is 2.61. The van der Waals surface area contributed by atoms with Crippen LogP contribution < -0.4 is 5.48 Å². The van der Waals surface area contributed by atoms with E-state index in [2.05, 4.69) is 5.48 Å². The van der Waals surface area contributed by atoms with Gasteiger partial charge < -0.3 is 0 Å². The standard InChI is InChI=1S/C9H9Cl2NO2/c1-2-14-12-9(13)8-6(10)4-3-5-7(8)11/h3-5H,2H2,1H3,(H,12,13). The number of hydrogen-bond donors (Lipinski definition) is 1. The van der Waals surface area contributed by atoms with Crippen LogP contribution in [0, 0.1) is 0 Å². The molecule has 0 bridgehead atoms. The fourth-order valence-electron chi connectivity index (χ4n) is 0.903. The van der Waals surface area contributed by atoms with E-state index in [0.29, 0.717) is 16.7 Å². The predicted molar refractivity (Wildman–Crippen MR) is 55.6 cm³/mol. The maximum atomic E-state index is 11.4. The topological polar surface area (TPSA) is 38.3 Å². The molecule has 3 nitrogen and oxygen atoms in total. The lowest BCUT2D eigenvalue weighted by Gasteiger charge is -2.06. The molecule has 1 amide bonds. The Labute approximate surface area is 91.9 Å². The van der Waals surface area contributed by atoms with E-state index in [-0.39, 0.29) is 5.56 Å². The third-order valence-electron chi connectivity index (χ3n) is 1.50. The van der Waals surface area contributed by atoms with Gasteiger partial charge in [-0.3, -0.25) is 9.63 Å². The Morgan fingerprint density at radius 1 is 1.43 bits per heavy atom. The molecule has 14 heavy (non-hydrogen) atoms. The second-order valence-corrected chi connectivity index (χ2v) is 3.28. The number of carbonyl (C=O) groups is 1. The molecule has 0 atom stereocenters. The van der Waals surface area contributed by atoms with E-state index < -0.39 is 5.91 Å². The Hall–Kier alpha value is -0.770. The molecule has 0 aliphatic heterocycles. The first-order chi connectivity index (χ1) is 6.66. The molecule has 0 aliphatic carbocycles. The Bertz CT molecular complexity index is 321. The van der Waals surface area contributed by atoms with E-state index >= 15 is 0 Å². The molecule has 0 radical (unpaired) electrons. The van der Waals surface area contributed by atoms with E-state index in [1.54, 1.807) is 25.1 Å². The largest absolute Gasteiger partial charge is 0.277 e. The lowest BCUT2D eigenvalue weighted by molar-refractivity contribution is 0.0365. The van der Waals surface area contributed by atoms with Gasteiger partial charge in [-0.05, 0) is 19.1 Å². The van der Waals surface area contributed by atoms with Gasteiger partial charge in [0.1, 0.15) is 0 Å². The number of amides is 1. The number of nitrogens with one attached hydrogen (secondary N) is 1. The molecule has 1 aromatic carbocycles. The van der Waals surface area contributed by atoms with Crippen molar-refractivity contribution in [2.24, 2.45) is 0 Å². The summed E-state index contributed by atoms with van der Waals surface area (Å²) in [5.74, 6) is -0.442. The molecule has 0 spiro atoms. The SMILES string of the molecule is CCONC(=O)c1c(Cl)cccc1Cl. The lowest BCUT2D eigenvalue weighted by Crippen LogP contribution is -2.24. The molecule has 0 aromatic heterocycles. The fraction of sp³-hybridized carbons (Fsp3) is 0.222. The zero-order valence-electron chi connectivity index (χ0n) is 7.51. The van der Waals surface area contributed by atoms with Crippen LogP contribution in [0.15, 0.2) is 18.2 Å². The number of hydroxylamine groups is 1. The molecule has 5 heteroatoms. The van der Waals surface area contributed by atoms with Crippen molar-refractivity contribution in [2.75, 3.05) is 6.61 Å². The van der Waals surface area contributed by atoms with Crippen molar-refractivity contribution in [2.45, 2.75) is 6.92 Å². The monoisotopic (exact) mass is 233 g/mol. The van der Waals surface area contributed by atoms with E-state index in [1.165, 1.54) is 0 Å². The number of rotatable bonds is 3. The maximum Gasteiger partial charge on any atom is 0.277 e. The summed E-state index contributed by atoms with van der Waals surface area (Å²) in [4.78, 5) is 16.2. The summed E-state index contributed by atoms with van der Waals surface area (Å²) < 4.78 is 0. The molecule has 0 heterocycles. The van der Waals surface area contributed by atoms with E-state index in [1.807, 2.05) is 0 Å². The molecule has 0 saturated heterocycles. The van der Waals surface area contributed by atoms with Crippen LogP contribution in [0.25, 0.3) is 0 Å². The second kappa shape index (κ2) is 5.20. The van der Waals surface area contributed by atoms with Crippen LogP contribution in [0.5, 0.6) is 0 Å². The van der Waals surface area contributed by atoms with Gasteiger partial charge in [0, 0.05) is 0 Å². The van der Waals surface area contributed by atoms with E-state index in [0.717, 1.165) is 0 Å². The zero-order valence-corrected chi connectivity index (χ0v) is 9.02. The average molecular weight is 234 g/mol. The molecule has 1 rings (SSSR count). The van der Waals surface area contributed by atoms with Gasteiger partial charge in [0.05, 0.1) is 22.2 Å². The van der Waals surface area contributed by atoms with Crippen LogP contribution in [-0.2, 0) is 4.84 Å². The smallest absolute Gasteiger partial charge is 0.274 e. The molecule has 1 aromatic rings. The lowest BCUT2D eigenvalue weighted by atomic mass is 10.2. The van der Waals surface area contributed by atoms with Gasteiger partial charge in [-0.25, -0.2) is 5.48 Å². The highest BCUT2D eigenvalue weighted by molar-refractivity contribution is 6.39. The first-order valence-electron chi connectivity index (χ1n) is 4.03. The number of hydrogen-bond acceptors (Lipinski definition) is 2. The van der Waals surface area contributed by atoms with E-state index in [4.69, 9.17) is 28.0 Å². The normalized spacial score (nSPS) is 9.93. The summed E-state index contributed by atoms with van der Waals surface area (Å²) in [6, 6.07) is 4.85. The number of benzene rings is 1. The Morgan fingerprint density at radius 2 is 2.00 bits per heavy atom. The molecule has 76 valence electrons. The second-order valence-electron chi connectivity index (χ2n) is 2.46. The maximum absolute atomic E-state index is 11.4. The Morgan fingerprint density at radius 3 is 2.50 bits per heavy atom. The minimum atomic E-state index is -0.442. The van der Waals surface area contributed by atoms with Gasteiger partial charge in [0.25, 0.3) is 5.91 Å². The highest BCUT2D eigenvalue weighted by Crippen LogP contribution is 2.23. The number of carbonyl (C=O) groups excluding carboxylic acids is 1. The van der Waals surface area contributed by atoms with Crippen LogP contribution in [0.2, 0.25) is 10.0 Å². The molecule has 0 unspecified atom stereocenters. The molecular weight excluding hydrogens is 225 g/mol. The van der Waals surface area contributed by atoms with Crippen molar-refractivity contribution >= 4 is 29.1 Å². The van der Waals surface area contributed by atoms with Crippen molar-refractivity contribution in [1.82, 2.24) is 5.48 Å². The van der Waals surface area contributed by atoms with Crippen LogP contribution in [0.1, 0.15) is 17.3 Å². The van der Waals surface area contributed by atoms with Crippen molar-refractivity contribution in [3.05, 3.63) is 33.8 Å².